The molecule has 0 aliphatic rings. The summed E-state index contributed by atoms with van der Waals surface area (Å²) >= 11 is 0. The van der Waals surface area contributed by atoms with E-state index >= 15 is 0 Å². The number of amidine groups is 1. The zero-order valence-electron chi connectivity index (χ0n) is 12.5. The van der Waals surface area contributed by atoms with Crippen molar-refractivity contribution in [3.05, 3.63) is 35.4 Å². The Kier molecular flexibility index (Phi) is 5.13. The van der Waals surface area contributed by atoms with Gasteiger partial charge in [-0.2, -0.15) is 0 Å². The van der Waals surface area contributed by atoms with Crippen LogP contribution in [-0.2, 0) is 5.41 Å². The SMILES string of the molecule is CCC(NC(=O)c1ccccc1C(C)(C)C)/C(N)=N/O. The molecule has 0 fully saturated rings. The molecule has 0 saturated carbocycles. The second kappa shape index (κ2) is 6.41. The lowest BCUT2D eigenvalue weighted by Gasteiger charge is -2.23. The molecule has 0 aliphatic carbocycles. The van der Waals surface area contributed by atoms with Gasteiger partial charge in [0.15, 0.2) is 5.84 Å². The van der Waals surface area contributed by atoms with Gasteiger partial charge >= 0.3 is 0 Å². The third kappa shape index (κ3) is 3.73. The molecule has 0 spiro atoms. The number of nitrogens with two attached hydrogens (primary N) is 1. The normalized spacial score (nSPS) is 13.9. The Morgan fingerprint density at radius 1 is 1.40 bits per heavy atom. The third-order valence-electron chi connectivity index (χ3n) is 3.17. The van der Waals surface area contributed by atoms with Crippen molar-refractivity contribution < 1.29 is 10.0 Å². The second-order valence-corrected chi connectivity index (χ2v) is 5.75. The number of oxime groups is 1. The fourth-order valence-electron chi connectivity index (χ4n) is 2.03. The van der Waals surface area contributed by atoms with Crippen LogP contribution in [-0.4, -0.2) is 23.0 Å². The summed E-state index contributed by atoms with van der Waals surface area (Å²) in [6.45, 7) is 8.03. The van der Waals surface area contributed by atoms with Crippen LogP contribution >= 0.6 is 0 Å². The zero-order valence-corrected chi connectivity index (χ0v) is 12.5. The fourth-order valence-corrected chi connectivity index (χ4v) is 2.03. The van der Waals surface area contributed by atoms with Crippen molar-refractivity contribution in [3.63, 3.8) is 0 Å². The number of benzene rings is 1. The molecule has 20 heavy (non-hydrogen) atoms. The first-order valence-electron chi connectivity index (χ1n) is 6.69. The van der Waals surface area contributed by atoms with E-state index in [9.17, 15) is 4.79 Å². The summed E-state index contributed by atoms with van der Waals surface area (Å²) in [4.78, 5) is 12.4. The summed E-state index contributed by atoms with van der Waals surface area (Å²) in [5.41, 5.74) is 7.01. The lowest BCUT2D eigenvalue weighted by molar-refractivity contribution is 0.0943. The summed E-state index contributed by atoms with van der Waals surface area (Å²) < 4.78 is 0. The van der Waals surface area contributed by atoms with E-state index in [1.807, 2.05) is 25.1 Å². The first-order valence-corrected chi connectivity index (χ1v) is 6.69. The molecule has 1 amide bonds. The number of nitrogens with one attached hydrogen (secondary N) is 1. The molecule has 1 aromatic carbocycles. The highest BCUT2D eigenvalue weighted by atomic mass is 16.4. The molecule has 110 valence electrons. The average molecular weight is 277 g/mol. The van der Waals surface area contributed by atoms with E-state index in [1.54, 1.807) is 6.07 Å². The number of carbonyl (C=O) groups is 1. The van der Waals surface area contributed by atoms with E-state index in [1.165, 1.54) is 0 Å². The molecule has 0 saturated heterocycles. The van der Waals surface area contributed by atoms with Crippen LogP contribution in [0.2, 0.25) is 0 Å². The summed E-state index contributed by atoms with van der Waals surface area (Å²) in [5.74, 6) is -0.205. The standard InChI is InChI=1S/C15H23N3O2/c1-5-12(13(16)18-20)17-14(19)10-8-6-7-9-11(10)15(2,3)4/h6-9,12,20H,5H2,1-4H3,(H2,16,18)(H,17,19). The summed E-state index contributed by atoms with van der Waals surface area (Å²) in [6, 6.07) is 7.00. The molecule has 0 aliphatic heterocycles. The molecule has 0 heterocycles. The highest BCUT2D eigenvalue weighted by molar-refractivity contribution is 5.99. The van der Waals surface area contributed by atoms with Crippen LogP contribution in [0.15, 0.2) is 29.4 Å². The van der Waals surface area contributed by atoms with E-state index in [4.69, 9.17) is 10.9 Å². The van der Waals surface area contributed by atoms with Crippen molar-refractivity contribution in [1.82, 2.24) is 5.32 Å². The van der Waals surface area contributed by atoms with Gasteiger partial charge in [-0.25, -0.2) is 0 Å². The number of hydrogen-bond donors (Lipinski definition) is 3. The maximum Gasteiger partial charge on any atom is 0.252 e. The molecule has 1 atom stereocenters. The highest BCUT2D eigenvalue weighted by Gasteiger charge is 2.23. The summed E-state index contributed by atoms with van der Waals surface area (Å²) in [7, 11) is 0. The minimum Gasteiger partial charge on any atom is -0.409 e. The zero-order chi connectivity index (χ0) is 15.3. The van der Waals surface area contributed by atoms with Crippen LogP contribution in [0, 0.1) is 0 Å². The van der Waals surface area contributed by atoms with Gasteiger partial charge in [0, 0.05) is 5.56 Å². The van der Waals surface area contributed by atoms with E-state index in [0.717, 1.165) is 5.56 Å². The first kappa shape index (κ1) is 16.0. The van der Waals surface area contributed by atoms with Gasteiger partial charge in [0.2, 0.25) is 0 Å². The molecule has 0 bridgehead atoms. The van der Waals surface area contributed by atoms with E-state index in [2.05, 4.69) is 31.2 Å². The minimum absolute atomic E-state index is 0.00842. The van der Waals surface area contributed by atoms with Gasteiger partial charge < -0.3 is 16.3 Å². The molecule has 5 nitrogen and oxygen atoms in total. The number of hydrogen-bond acceptors (Lipinski definition) is 3. The number of amides is 1. The Morgan fingerprint density at radius 2 is 2.00 bits per heavy atom. The van der Waals surface area contributed by atoms with Crippen molar-refractivity contribution in [1.29, 1.82) is 0 Å². The fraction of sp³-hybridized carbons (Fsp3) is 0.467. The Hall–Kier alpha value is -2.04. The van der Waals surface area contributed by atoms with Gasteiger partial charge in [-0.15, -0.1) is 0 Å². The summed E-state index contributed by atoms with van der Waals surface area (Å²) in [5, 5.41) is 14.5. The van der Waals surface area contributed by atoms with Gasteiger partial charge in [0.1, 0.15) is 0 Å². The van der Waals surface area contributed by atoms with Crippen molar-refractivity contribution in [2.45, 2.75) is 45.6 Å². The molecule has 4 N–H and O–H groups in total. The molecule has 1 aromatic rings. The minimum atomic E-state index is -0.472. The van der Waals surface area contributed by atoms with Gasteiger partial charge in [-0.1, -0.05) is 51.0 Å². The topological polar surface area (TPSA) is 87.7 Å². The van der Waals surface area contributed by atoms with Gasteiger partial charge in [-0.3, -0.25) is 4.79 Å². The molecule has 1 rings (SSSR count). The van der Waals surface area contributed by atoms with Gasteiger partial charge in [0.05, 0.1) is 6.04 Å². The summed E-state index contributed by atoms with van der Waals surface area (Å²) in [6.07, 6.45) is 0.555. The Morgan fingerprint density at radius 3 is 2.50 bits per heavy atom. The monoisotopic (exact) mass is 277 g/mol. The highest BCUT2D eigenvalue weighted by Crippen LogP contribution is 2.25. The molecular weight excluding hydrogens is 254 g/mol. The largest absolute Gasteiger partial charge is 0.409 e. The van der Waals surface area contributed by atoms with Crippen LogP contribution in [0.4, 0.5) is 0 Å². The van der Waals surface area contributed by atoms with Crippen LogP contribution < -0.4 is 11.1 Å². The molecular formula is C15H23N3O2. The Labute approximate surface area is 119 Å². The smallest absolute Gasteiger partial charge is 0.252 e. The number of nitrogens with zero attached hydrogens (tertiary/aromatic N) is 1. The maximum atomic E-state index is 12.4. The Balaban J connectivity index is 3.05. The maximum absolute atomic E-state index is 12.4. The van der Waals surface area contributed by atoms with Crippen LogP contribution in [0.5, 0.6) is 0 Å². The van der Waals surface area contributed by atoms with E-state index in [-0.39, 0.29) is 17.2 Å². The predicted molar refractivity (Wildman–Crippen MR) is 80.1 cm³/mol. The van der Waals surface area contributed by atoms with Crippen molar-refractivity contribution in [2.24, 2.45) is 10.9 Å². The molecule has 0 radical (unpaired) electrons. The first-order chi connectivity index (χ1) is 9.31. The Bertz CT molecular complexity index is 504. The lowest BCUT2D eigenvalue weighted by atomic mass is 9.83. The number of carbonyl (C=O) groups excluding carboxylic acids is 1. The van der Waals surface area contributed by atoms with Crippen LogP contribution in [0.1, 0.15) is 50.0 Å². The molecule has 0 aromatic heterocycles. The quantitative estimate of drug-likeness (QED) is 0.341. The third-order valence-corrected chi connectivity index (χ3v) is 3.17. The van der Waals surface area contributed by atoms with Gasteiger partial charge in [-0.05, 0) is 23.5 Å². The number of rotatable bonds is 4. The van der Waals surface area contributed by atoms with E-state index in [0.29, 0.717) is 12.0 Å². The van der Waals surface area contributed by atoms with Gasteiger partial charge in [0.25, 0.3) is 5.91 Å². The van der Waals surface area contributed by atoms with Crippen molar-refractivity contribution in [2.75, 3.05) is 0 Å². The second-order valence-electron chi connectivity index (χ2n) is 5.75. The average Bonchev–Trinajstić information content (AvgIpc) is 2.42. The van der Waals surface area contributed by atoms with Crippen molar-refractivity contribution in [3.8, 4) is 0 Å². The van der Waals surface area contributed by atoms with Crippen molar-refractivity contribution >= 4 is 11.7 Å². The predicted octanol–water partition coefficient (Wildman–Crippen LogP) is 2.24. The molecule has 5 heteroatoms. The van der Waals surface area contributed by atoms with E-state index < -0.39 is 6.04 Å². The van der Waals surface area contributed by atoms with Crippen LogP contribution in [0.3, 0.4) is 0 Å². The van der Waals surface area contributed by atoms with Crippen LogP contribution in [0.25, 0.3) is 0 Å². The molecule has 1 unspecified atom stereocenters. The lowest BCUT2D eigenvalue weighted by Crippen LogP contribution is -2.44.